The number of amides is 6. The Bertz CT molecular complexity index is 600. The van der Waals surface area contributed by atoms with E-state index in [1.54, 1.807) is 5.32 Å². The summed E-state index contributed by atoms with van der Waals surface area (Å²) in [5.41, 5.74) is -1.03. The first-order valence-electron chi connectivity index (χ1n) is 8.35. The number of urea groups is 2. The van der Waals surface area contributed by atoms with Gasteiger partial charge in [-0.05, 0) is 31.6 Å². The van der Waals surface area contributed by atoms with Gasteiger partial charge in [-0.1, -0.05) is 13.3 Å². The topological polar surface area (TPSA) is 108 Å². The van der Waals surface area contributed by atoms with Gasteiger partial charge < -0.3 is 10.6 Å². The molecule has 11 heteroatoms. The maximum Gasteiger partial charge on any atom is 0.405 e. The minimum Gasteiger partial charge on any atom is -0.329 e. The van der Waals surface area contributed by atoms with Crippen LogP contribution in [0.1, 0.15) is 39.0 Å². The van der Waals surface area contributed by atoms with Crippen LogP contribution in [0.4, 0.5) is 22.8 Å². The van der Waals surface area contributed by atoms with Crippen LogP contribution in [0, 0.1) is 5.92 Å². The second kappa shape index (κ2) is 7.50. The summed E-state index contributed by atoms with van der Waals surface area (Å²) < 4.78 is 36.0. The molecule has 1 saturated heterocycles. The van der Waals surface area contributed by atoms with Crippen molar-refractivity contribution in [1.82, 2.24) is 20.9 Å². The van der Waals surface area contributed by atoms with Crippen LogP contribution in [0.25, 0.3) is 0 Å². The van der Waals surface area contributed by atoms with E-state index in [4.69, 9.17) is 0 Å². The highest BCUT2D eigenvalue weighted by Crippen LogP contribution is 2.37. The standard InChI is InChI=1S/C15H21F3N4O4/c1-2-9-3-5-14(6-4-9)11(24)22(13(26)21-14)7-10(23)20-12(25)19-8-15(16,17)18/h9H,2-8H2,1H3,(H,21,26)(H2,19,20,23,25). The van der Waals surface area contributed by atoms with Crippen molar-refractivity contribution in [3.05, 3.63) is 0 Å². The first-order valence-corrected chi connectivity index (χ1v) is 8.35. The number of hydrogen-bond donors (Lipinski definition) is 3. The van der Waals surface area contributed by atoms with Crippen LogP contribution in [0.15, 0.2) is 0 Å². The molecule has 0 aromatic heterocycles. The van der Waals surface area contributed by atoms with Gasteiger partial charge in [-0.15, -0.1) is 0 Å². The van der Waals surface area contributed by atoms with Gasteiger partial charge in [0.2, 0.25) is 5.91 Å². The fourth-order valence-electron chi connectivity index (χ4n) is 3.27. The minimum atomic E-state index is -4.62. The molecule has 0 atom stereocenters. The molecule has 1 saturated carbocycles. The van der Waals surface area contributed by atoms with Crippen LogP contribution in [-0.4, -0.2) is 53.6 Å². The summed E-state index contributed by atoms with van der Waals surface area (Å²) in [6, 6.07) is -2.09. The fourth-order valence-corrected chi connectivity index (χ4v) is 3.27. The van der Waals surface area contributed by atoms with Gasteiger partial charge in [0, 0.05) is 0 Å². The molecule has 0 bridgehead atoms. The Morgan fingerprint density at radius 3 is 2.42 bits per heavy atom. The van der Waals surface area contributed by atoms with Crippen molar-refractivity contribution in [1.29, 1.82) is 0 Å². The highest BCUT2D eigenvalue weighted by molar-refractivity contribution is 6.10. The lowest BCUT2D eigenvalue weighted by Gasteiger charge is -2.34. The zero-order chi connectivity index (χ0) is 19.5. The van der Waals surface area contributed by atoms with Gasteiger partial charge in [-0.25, -0.2) is 9.59 Å². The van der Waals surface area contributed by atoms with E-state index in [9.17, 15) is 32.3 Å². The lowest BCUT2D eigenvalue weighted by Crippen LogP contribution is -2.50. The van der Waals surface area contributed by atoms with Crippen LogP contribution in [0.5, 0.6) is 0 Å². The van der Waals surface area contributed by atoms with Crippen LogP contribution in [0.3, 0.4) is 0 Å². The molecule has 146 valence electrons. The Hall–Kier alpha value is -2.33. The number of hydrogen-bond acceptors (Lipinski definition) is 4. The van der Waals surface area contributed by atoms with E-state index in [2.05, 4.69) is 12.2 Å². The van der Waals surface area contributed by atoms with Crippen molar-refractivity contribution < 1.29 is 32.3 Å². The van der Waals surface area contributed by atoms with Gasteiger partial charge in [0.15, 0.2) is 0 Å². The molecule has 0 unspecified atom stereocenters. The first kappa shape index (κ1) is 20.0. The second-order valence-electron chi connectivity index (χ2n) is 6.60. The summed E-state index contributed by atoms with van der Waals surface area (Å²) in [4.78, 5) is 48.3. The molecule has 2 fully saturated rings. The second-order valence-corrected chi connectivity index (χ2v) is 6.60. The predicted molar refractivity (Wildman–Crippen MR) is 82.8 cm³/mol. The third-order valence-electron chi connectivity index (χ3n) is 4.79. The molecule has 2 rings (SSSR count). The Morgan fingerprint density at radius 2 is 1.88 bits per heavy atom. The molecular weight excluding hydrogens is 357 g/mol. The monoisotopic (exact) mass is 378 g/mol. The Kier molecular flexibility index (Phi) is 5.77. The van der Waals surface area contributed by atoms with Crippen molar-refractivity contribution in [3.63, 3.8) is 0 Å². The van der Waals surface area contributed by atoms with E-state index in [1.807, 2.05) is 0 Å². The molecule has 1 aliphatic heterocycles. The maximum absolute atomic E-state index is 12.6. The zero-order valence-corrected chi connectivity index (χ0v) is 14.2. The molecule has 1 aliphatic carbocycles. The Morgan fingerprint density at radius 1 is 1.27 bits per heavy atom. The third-order valence-corrected chi connectivity index (χ3v) is 4.79. The smallest absolute Gasteiger partial charge is 0.329 e. The van der Waals surface area contributed by atoms with E-state index >= 15 is 0 Å². The largest absolute Gasteiger partial charge is 0.405 e. The minimum absolute atomic E-state index is 0.472. The summed E-state index contributed by atoms with van der Waals surface area (Å²) in [7, 11) is 0. The molecule has 2 aliphatic rings. The van der Waals surface area contributed by atoms with Crippen LogP contribution >= 0.6 is 0 Å². The quantitative estimate of drug-likeness (QED) is 0.640. The van der Waals surface area contributed by atoms with Crippen molar-refractivity contribution in [3.8, 4) is 0 Å². The molecule has 6 amide bonds. The summed E-state index contributed by atoms with van der Waals surface area (Å²) in [5.74, 6) is -1.10. The maximum atomic E-state index is 12.6. The van der Waals surface area contributed by atoms with Crippen molar-refractivity contribution in [2.45, 2.75) is 50.7 Å². The van der Waals surface area contributed by atoms with Gasteiger partial charge in [0.05, 0.1) is 0 Å². The molecular formula is C15H21F3N4O4. The molecule has 26 heavy (non-hydrogen) atoms. The number of carbonyl (C=O) groups is 4. The molecule has 0 aromatic carbocycles. The molecule has 1 heterocycles. The van der Waals surface area contributed by atoms with E-state index in [0.29, 0.717) is 23.7 Å². The number of nitrogens with one attached hydrogen (secondary N) is 3. The average Bonchev–Trinajstić information content (AvgIpc) is 2.77. The molecule has 0 aromatic rings. The van der Waals surface area contributed by atoms with Gasteiger partial charge in [-0.2, -0.15) is 13.2 Å². The normalized spacial score (nSPS) is 26.0. The molecule has 8 nitrogen and oxygen atoms in total. The molecule has 1 spiro atoms. The van der Waals surface area contributed by atoms with Crippen molar-refractivity contribution in [2.24, 2.45) is 5.92 Å². The van der Waals surface area contributed by atoms with Gasteiger partial charge in [-0.3, -0.25) is 19.8 Å². The highest BCUT2D eigenvalue weighted by Gasteiger charge is 2.52. The molecule has 0 radical (unpaired) electrons. The number of carbonyl (C=O) groups excluding carboxylic acids is 4. The first-order chi connectivity index (χ1) is 12.1. The number of imide groups is 2. The van der Waals surface area contributed by atoms with Crippen LogP contribution in [0.2, 0.25) is 0 Å². The van der Waals surface area contributed by atoms with E-state index in [1.165, 1.54) is 5.32 Å². The van der Waals surface area contributed by atoms with E-state index in [0.717, 1.165) is 19.3 Å². The predicted octanol–water partition coefficient (Wildman–Crippen LogP) is 1.27. The zero-order valence-electron chi connectivity index (χ0n) is 14.2. The summed E-state index contributed by atoms with van der Waals surface area (Å²) in [6.07, 6.45) is -1.13. The lowest BCUT2D eigenvalue weighted by molar-refractivity contribution is -0.135. The average molecular weight is 378 g/mol. The van der Waals surface area contributed by atoms with Crippen LogP contribution in [-0.2, 0) is 9.59 Å². The summed E-state index contributed by atoms with van der Waals surface area (Å²) in [5, 5.41) is 5.76. The number of rotatable bonds is 4. The fraction of sp³-hybridized carbons (Fsp3) is 0.733. The van der Waals surface area contributed by atoms with Gasteiger partial charge >= 0.3 is 18.2 Å². The highest BCUT2D eigenvalue weighted by atomic mass is 19.4. The number of halogens is 3. The van der Waals surface area contributed by atoms with Crippen molar-refractivity contribution >= 4 is 23.9 Å². The third kappa shape index (κ3) is 4.64. The van der Waals surface area contributed by atoms with Gasteiger partial charge in [0.25, 0.3) is 5.91 Å². The number of alkyl halides is 3. The summed E-state index contributed by atoms with van der Waals surface area (Å²) >= 11 is 0. The number of nitrogens with zero attached hydrogens (tertiary/aromatic N) is 1. The molecule has 3 N–H and O–H groups in total. The lowest BCUT2D eigenvalue weighted by atomic mass is 9.75. The van der Waals surface area contributed by atoms with Crippen LogP contribution < -0.4 is 16.0 Å². The Balaban J connectivity index is 1.89. The van der Waals surface area contributed by atoms with E-state index in [-0.39, 0.29) is 0 Å². The Labute approximate surface area is 147 Å². The van der Waals surface area contributed by atoms with E-state index < -0.39 is 48.7 Å². The van der Waals surface area contributed by atoms with Crippen molar-refractivity contribution in [2.75, 3.05) is 13.1 Å². The van der Waals surface area contributed by atoms with Gasteiger partial charge in [0.1, 0.15) is 18.6 Å². The SMILES string of the molecule is CCC1CCC2(CC1)NC(=O)N(CC(=O)NC(=O)NCC(F)(F)F)C2=O. The summed E-state index contributed by atoms with van der Waals surface area (Å²) in [6.45, 7) is -0.280.